The van der Waals surface area contributed by atoms with Crippen LogP contribution in [0.4, 0.5) is 0 Å². The van der Waals surface area contributed by atoms with Crippen molar-refractivity contribution in [2.24, 2.45) is 0 Å². The maximum Gasteiger partial charge on any atom is 0.344 e. The largest absolute Gasteiger partial charge is 0.462 e. The van der Waals surface area contributed by atoms with Crippen molar-refractivity contribution in [3.8, 4) is 0 Å². The minimum Gasteiger partial charge on any atom is -0.462 e. The molecule has 0 atom stereocenters. The third kappa shape index (κ3) is 3.96. The summed E-state index contributed by atoms with van der Waals surface area (Å²) in [5.74, 6) is -1.98. The highest BCUT2D eigenvalue weighted by molar-refractivity contribution is 6.38. The van der Waals surface area contributed by atoms with Gasteiger partial charge in [-0.2, -0.15) is 5.10 Å². The molecule has 6 heteroatoms. The van der Waals surface area contributed by atoms with Crippen LogP contribution in [0.5, 0.6) is 0 Å². The Morgan fingerprint density at radius 2 is 1.43 bits per heavy atom. The Morgan fingerprint density at radius 1 is 0.857 bits per heavy atom. The number of hydrogen-bond donors (Lipinski definition) is 0. The second-order valence-electron chi connectivity index (χ2n) is 5.79. The van der Waals surface area contributed by atoms with Crippen molar-refractivity contribution in [3.05, 3.63) is 95.8 Å². The fraction of sp³-hybridized carbons (Fsp3) is 0.0909. The number of hydrogen-bond acceptors (Lipinski definition) is 5. The Labute approximate surface area is 162 Å². The fourth-order valence-corrected chi connectivity index (χ4v) is 2.69. The van der Waals surface area contributed by atoms with E-state index in [-0.39, 0.29) is 23.4 Å². The lowest BCUT2D eigenvalue weighted by molar-refractivity contribution is -0.138. The van der Waals surface area contributed by atoms with E-state index in [0.717, 1.165) is 0 Å². The lowest BCUT2D eigenvalue weighted by Crippen LogP contribution is -2.24. The summed E-state index contributed by atoms with van der Waals surface area (Å²) in [4.78, 5) is 39.2. The number of allylic oxidation sites excluding steroid dienone is 1. The molecule has 28 heavy (non-hydrogen) atoms. The maximum atomic E-state index is 13.3. The minimum absolute atomic E-state index is 0.0658. The Hall–Kier alpha value is -3.80. The maximum absolute atomic E-state index is 13.3. The van der Waals surface area contributed by atoms with E-state index < -0.39 is 17.5 Å². The van der Waals surface area contributed by atoms with Gasteiger partial charge < -0.3 is 4.74 Å². The first-order chi connectivity index (χ1) is 13.6. The van der Waals surface area contributed by atoms with Crippen molar-refractivity contribution < 1.29 is 19.1 Å². The molecule has 0 bridgehead atoms. The van der Waals surface area contributed by atoms with Crippen molar-refractivity contribution in [2.45, 2.75) is 6.92 Å². The molecule has 0 aliphatic carbocycles. The molecule has 6 nitrogen and oxygen atoms in total. The van der Waals surface area contributed by atoms with Crippen molar-refractivity contribution in [2.75, 3.05) is 6.61 Å². The van der Waals surface area contributed by atoms with E-state index in [1.807, 2.05) is 0 Å². The van der Waals surface area contributed by atoms with E-state index in [2.05, 4.69) is 5.10 Å². The molecular weight excluding hydrogens is 356 g/mol. The summed E-state index contributed by atoms with van der Waals surface area (Å²) in [6, 6.07) is 18.3. The van der Waals surface area contributed by atoms with Crippen LogP contribution in [0.15, 0.2) is 84.7 Å². The van der Waals surface area contributed by atoms with Gasteiger partial charge >= 0.3 is 5.97 Å². The lowest BCUT2D eigenvalue weighted by atomic mass is 9.97. The normalized spacial score (nSPS) is 11.5. The number of nitrogens with zero attached hydrogens (tertiary/aromatic N) is 2. The molecule has 0 aliphatic heterocycles. The van der Waals surface area contributed by atoms with Crippen LogP contribution in [-0.4, -0.2) is 33.9 Å². The van der Waals surface area contributed by atoms with Crippen molar-refractivity contribution in [3.63, 3.8) is 0 Å². The number of ether oxygens (including phenoxy) is 1. The van der Waals surface area contributed by atoms with E-state index in [1.165, 1.54) is 17.1 Å². The topological polar surface area (TPSA) is 78.3 Å². The highest BCUT2D eigenvalue weighted by Gasteiger charge is 2.31. The molecule has 1 heterocycles. The third-order valence-electron chi connectivity index (χ3n) is 3.96. The van der Waals surface area contributed by atoms with Gasteiger partial charge in [0.05, 0.1) is 6.61 Å². The molecule has 3 rings (SSSR count). The molecule has 0 unspecified atom stereocenters. The van der Waals surface area contributed by atoms with Gasteiger partial charge in [0.15, 0.2) is 0 Å². The monoisotopic (exact) mass is 374 g/mol. The van der Waals surface area contributed by atoms with Gasteiger partial charge in [0, 0.05) is 23.5 Å². The number of ketones is 2. The number of carbonyl (C=O) groups is 3. The van der Waals surface area contributed by atoms with Crippen molar-refractivity contribution in [1.29, 1.82) is 0 Å². The Balaban J connectivity index is 2.25. The van der Waals surface area contributed by atoms with Crippen LogP contribution in [0.25, 0.3) is 5.70 Å². The summed E-state index contributed by atoms with van der Waals surface area (Å²) in [6.07, 6.45) is 2.97. The second-order valence-corrected chi connectivity index (χ2v) is 5.79. The molecule has 3 aromatic rings. The van der Waals surface area contributed by atoms with Crippen LogP contribution in [0.1, 0.15) is 27.6 Å². The first-order valence-corrected chi connectivity index (χ1v) is 8.74. The van der Waals surface area contributed by atoms with Gasteiger partial charge in [0.2, 0.25) is 11.6 Å². The molecule has 0 amide bonds. The molecule has 2 aromatic carbocycles. The van der Waals surface area contributed by atoms with Gasteiger partial charge in [0.1, 0.15) is 11.3 Å². The van der Waals surface area contributed by atoms with Gasteiger partial charge in [0.25, 0.3) is 0 Å². The first kappa shape index (κ1) is 19.0. The Kier molecular flexibility index (Phi) is 5.91. The van der Waals surface area contributed by atoms with E-state index in [4.69, 9.17) is 4.74 Å². The lowest BCUT2D eigenvalue weighted by Gasteiger charge is -2.14. The zero-order chi connectivity index (χ0) is 19.9. The first-order valence-electron chi connectivity index (χ1n) is 8.74. The summed E-state index contributed by atoms with van der Waals surface area (Å²) in [7, 11) is 0. The predicted octanol–water partition coefficient (Wildman–Crippen LogP) is 3.42. The number of benzene rings is 2. The molecule has 140 valence electrons. The minimum atomic E-state index is -0.869. The van der Waals surface area contributed by atoms with Crippen LogP contribution in [0.2, 0.25) is 0 Å². The number of aromatic nitrogens is 2. The highest BCUT2D eigenvalue weighted by atomic mass is 16.5. The standard InChI is InChI=1S/C22H18N2O4/c1-2-28-22(27)18(20(25)16-10-5-3-6-11-16)19(24-15-9-14-23-24)21(26)17-12-7-4-8-13-17/h3-15H,2H2,1H3/b19-18+. The zero-order valence-electron chi connectivity index (χ0n) is 15.2. The van der Waals surface area contributed by atoms with E-state index in [9.17, 15) is 14.4 Å². The average Bonchev–Trinajstić information content (AvgIpc) is 3.26. The summed E-state index contributed by atoms with van der Waals surface area (Å²) in [5.41, 5.74) is 0.0980. The van der Waals surface area contributed by atoms with Crippen LogP contribution in [-0.2, 0) is 9.53 Å². The third-order valence-corrected chi connectivity index (χ3v) is 3.96. The summed E-state index contributed by atoms with van der Waals surface area (Å²) in [5, 5.41) is 4.08. The van der Waals surface area contributed by atoms with Crippen LogP contribution < -0.4 is 0 Å². The summed E-state index contributed by atoms with van der Waals surface area (Å²) >= 11 is 0. The number of rotatable bonds is 7. The van der Waals surface area contributed by atoms with Gasteiger partial charge in [-0.15, -0.1) is 0 Å². The zero-order valence-corrected chi connectivity index (χ0v) is 15.2. The van der Waals surface area contributed by atoms with E-state index in [1.54, 1.807) is 73.7 Å². The molecule has 0 fully saturated rings. The fourth-order valence-electron chi connectivity index (χ4n) is 2.69. The van der Waals surface area contributed by atoms with Crippen molar-refractivity contribution in [1.82, 2.24) is 9.78 Å². The number of esters is 1. The molecule has 0 saturated carbocycles. The number of Topliss-reactive ketones (excluding diaryl/α,β-unsaturated/α-hetero) is 2. The molecule has 1 aromatic heterocycles. The van der Waals surface area contributed by atoms with E-state index >= 15 is 0 Å². The van der Waals surface area contributed by atoms with Crippen LogP contribution >= 0.6 is 0 Å². The molecule has 0 N–H and O–H groups in total. The Bertz CT molecular complexity index is 1010. The Morgan fingerprint density at radius 3 is 1.93 bits per heavy atom. The van der Waals surface area contributed by atoms with Gasteiger partial charge in [-0.05, 0) is 13.0 Å². The highest BCUT2D eigenvalue weighted by Crippen LogP contribution is 2.22. The number of carbonyl (C=O) groups excluding carboxylic acids is 3. The van der Waals surface area contributed by atoms with Crippen LogP contribution in [0.3, 0.4) is 0 Å². The van der Waals surface area contributed by atoms with Gasteiger partial charge in [-0.1, -0.05) is 60.7 Å². The predicted molar refractivity (Wildman–Crippen MR) is 104 cm³/mol. The summed E-state index contributed by atoms with van der Waals surface area (Å²) < 4.78 is 6.33. The molecule has 0 radical (unpaired) electrons. The molecular formula is C22H18N2O4. The van der Waals surface area contributed by atoms with Crippen LogP contribution in [0, 0.1) is 0 Å². The van der Waals surface area contributed by atoms with E-state index in [0.29, 0.717) is 5.56 Å². The average molecular weight is 374 g/mol. The van der Waals surface area contributed by atoms with Crippen molar-refractivity contribution >= 4 is 23.2 Å². The van der Waals surface area contributed by atoms with Gasteiger partial charge in [-0.25, -0.2) is 9.48 Å². The van der Waals surface area contributed by atoms with Gasteiger partial charge in [-0.3, -0.25) is 9.59 Å². The molecule has 0 aliphatic rings. The smallest absolute Gasteiger partial charge is 0.344 e. The second kappa shape index (κ2) is 8.73. The molecule has 0 saturated heterocycles. The molecule has 0 spiro atoms. The quantitative estimate of drug-likeness (QED) is 0.208. The summed E-state index contributed by atoms with van der Waals surface area (Å²) in [6.45, 7) is 1.70. The SMILES string of the molecule is CCOC(=O)/C(C(=O)c1ccccc1)=C(\C(=O)c1ccccc1)n1cccn1.